The number of ether oxygens (including phenoxy) is 3. The van der Waals surface area contributed by atoms with Crippen molar-refractivity contribution in [3.8, 4) is 11.5 Å². The summed E-state index contributed by atoms with van der Waals surface area (Å²) in [6, 6.07) is 9.63. The van der Waals surface area contributed by atoms with Crippen LogP contribution in [0.4, 0.5) is 5.69 Å². The average Bonchev–Trinajstić information content (AvgIpc) is 2.77. The molecule has 170 valence electrons. The topological polar surface area (TPSA) is 123 Å². The number of hydrogen-bond donors (Lipinski definition) is 2. The van der Waals surface area contributed by atoms with Gasteiger partial charge in [-0.1, -0.05) is 0 Å². The lowest BCUT2D eigenvalue weighted by Crippen LogP contribution is -2.99. The number of carbonyl (C=O) groups excluding carboxylic acids is 1. The van der Waals surface area contributed by atoms with Gasteiger partial charge in [0.05, 0.1) is 13.7 Å². The van der Waals surface area contributed by atoms with Gasteiger partial charge in [-0.05, 0) is 44.0 Å². The molecule has 0 aliphatic carbocycles. The number of esters is 1. The molecule has 1 atom stereocenters. The van der Waals surface area contributed by atoms with E-state index < -0.39 is 10.9 Å². The number of methoxy groups -OCH3 is 1. The van der Waals surface area contributed by atoms with Crippen LogP contribution < -0.4 is 20.3 Å². The summed E-state index contributed by atoms with van der Waals surface area (Å²) in [5.74, 6) is 0.587. The minimum absolute atomic E-state index is 0.0661. The van der Waals surface area contributed by atoms with Crippen molar-refractivity contribution in [1.82, 2.24) is 0 Å². The lowest BCUT2D eigenvalue weighted by molar-refractivity contribution is -0.991. The Hall–Kier alpha value is -3.40. The number of nitrogens with one attached hydrogen (secondary N) is 1. The fraction of sp³-hybridized carbons (Fsp3) is 0.304. The molecule has 0 spiro atoms. The Kier molecular flexibility index (Phi) is 7.47. The van der Waals surface area contributed by atoms with E-state index in [1.54, 1.807) is 31.2 Å². The minimum Gasteiger partial charge on any atom is -0.595 e. The zero-order valence-corrected chi connectivity index (χ0v) is 18.1. The average molecular weight is 443 g/mol. The van der Waals surface area contributed by atoms with E-state index >= 15 is 0 Å². The molecular formula is C23H25NO8. The number of hydrogen-bond acceptors (Lipinski definition) is 8. The van der Waals surface area contributed by atoms with Crippen LogP contribution in [-0.4, -0.2) is 24.9 Å². The minimum atomic E-state index is -1.05. The number of quaternary nitrogens is 1. The van der Waals surface area contributed by atoms with Crippen molar-refractivity contribution in [1.29, 1.82) is 0 Å². The Labute approximate surface area is 184 Å². The van der Waals surface area contributed by atoms with Crippen molar-refractivity contribution in [2.45, 2.75) is 33.3 Å². The van der Waals surface area contributed by atoms with E-state index in [2.05, 4.69) is 0 Å². The maximum absolute atomic E-state index is 12.5. The summed E-state index contributed by atoms with van der Waals surface area (Å²) in [5, 5.41) is 20.1. The number of carbonyl (C=O) groups is 1. The molecule has 0 aliphatic rings. The molecule has 1 unspecified atom stereocenters. The highest BCUT2D eigenvalue weighted by Gasteiger charge is 2.15. The first kappa shape index (κ1) is 23.3. The van der Waals surface area contributed by atoms with Crippen molar-refractivity contribution < 1.29 is 33.9 Å². The van der Waals surface area contributed by atoms with Crippen LogP contribution in [0.2, 0.25) is 0 Å². The molecule has 0 bridgehead atoms. The highest BCUT2D eigenvalue weighted by Crippen LogP contribution is 2.27. The Morgan fingerprint density at radius 1 is 1.22 bits per heavy atom. The molecule has 1 aromatic heterocycles. The Bertz CT molecular complexity index is 1170. The molecular weight excluding hydrogens is 418 g/mol. The van der Waals surface area contributed by atoms with Crippen LogP contribution in [0.25, 0.3) is 11.0 Å². The molecule has 0 radical (unpaired) electrons. The molecule has 9 nitrogen and oxygen atoms in total. The first-order valence-electron chi connectivity index (χ1n) is 10.1. The largest absolute Gasteiger partial charge is 0.595 e. The van der Waals surface area contributed by atoms with Crippen LogP contribution in [0.15, 0.2) is 45.6 Å². The van der Waals surface area contributed by atoms with E-state index in [-0.39, 0.29) is 31.1 Å². The van der Waals surface area contributed by atoms with Gasteiger partial charge >= 0.3 is 11.6 Å². The van der Waals surface area contributed by atoms with Gasteiger partial charge in [0, 0.05) is 41.1 Å². The number of benzene rings is 2. The monoisotopic (exact) mass is 443 g/mol. The van der Waals surface area contributed by atoms with Crippen LogP contribution in [0.5, 0.6) is 11.5 Å². The summed E-state index contributed by atoms with van der Waals surface area (Å²) in [4.78, 5) is 24.1. The molecule has 3 aromatic rings. The molecule has 0 saturated carbocycles. The van der Waals surface area contributed by atoms with Crippen molar-refractivity contribution in [2.24, 2.45) is 0 Å². The third-order valence-corrected chi connectivity index (χ3v) is 5.06. The van der Waals surface area contributed by atoms with Gasteiger partial charge in [-0.25, -0.2) is 10.0 Å². The fourth-order valence-corrected chi connectivity index (χ4v) is 3.40. The number of rotatable bonds is 9. The molecule has 0 saturated heterocycles. The Morgan fingerprint density at radius 3 is 2.69 bits per heavy atom. The van der Waals surface area contributed by atoms with E-state index in [0.717, 1.165) is 10.9 Å². The smallest absolute Gasteiger partial charge is 0.339 e. The molecule has 2 N–H and O–H groups in total. The van der Waals surface area contributed by atoms with Crippen molar-refractivity contribution in [2.75, 3.05) is 13.7 Å². The highest BCUT2D eigenvalue weighted by atomic mass is 16.8. The molecule has 32 heavy (non-hydrogen) atoms. The predicted octanol–water partition coefficient (Wildman–Crippen LogP) is 2.59. The summed E-state index contributed by atoms with van der Waals surface area (Å²) >= 11 is 0. The van der Waals surface area contributed by atoms with Gasteiger partial charge in [-0.15, -0.1) is 0 Å². The van der Waals surface area contributed by atoms with E-state index in [0.29, 0.717) is 34.8 Å². The first-order chi connectivity index (χ1) is 15.3. The van der Waals surface area contributed by atoms with Crippen LogP contribution >= 0.6 is 0 Å². The Balaban J connectivity index is 1.82. The highest BCUT2D eigenvalue weighted by molar-refractivity contribution is 5.82. The van der Waals surface area contributed by atoms with Gasteiger partial charge in [-0.2, -0.15) is 5.23 Å². The first-order valence-corrected chi connectivity index (χ1v) is 10.1. The van der Waals surface area contributed by atoms with E-state index in [1.807, 2.05) is 6.92 Å². The molecule has 3 rings (SSSR count). The molecule has 0 amide bonds. The molecule has 0 fully saturated rings. The van der Waals surface area contributed by atoms with Crippen LogP contribution in [0.1, 0.15) is 30.0 Å². The molecule has 1 heterocycles. The quantitative estimate of drug-likeness (QED) is 0.294. The SMILES string of the molecule is CCOC(=O)CCc1c(C)c2ccc(OCc3cc([NH+]([O-])O)ccc3OC)cc2oc1=O. The third kappa shape index (κ3) is 5.25. The summed E-state index contributed by atoms with van der Waals surface area (Å²) in [6.07, 6.45) is 0.338. The molecule has 0 aliphatic heterocycles. The molecule has 2 aromatic carbocycles. The predicted molar refractivity (Wildman–Crippen MR) is 115 cm³/mol. The second kappa shape index (κ2) is 10.3. The fourth-order valence-electron chi connectivity index (χ4n) is 3.40. The van der Waals surface area contributed by atoms with E-state index in [4.69, 9.17) is 18.6 Å². The third-order valence-electron chi connectivity index (χ3n) is 5.06. The van der Waals surface area contributed by atoms with E-state index in [1.165, 1.54) is 19.2 Å². The van der Waals surface area contributed by atoms with Crippen LogP contribution in [-0.2, 0) is 22.6 Å². The maximum atomic E-state index is 12.5. The van der Waals surface area contributed by atoms with Crippen molar-refractivity contribution in [3.63, 3.8) is 0 Å². The van der Waals surface area contributed by atoms with Crippen molar-refractivity contribution >= 4 is 22.6 Å². The zero-order valence-electron chi connectivity index (χ0n) is 18.1. The van der Waals surface area contributed by atoms with Crippen LogP contribution in [0, 0.1) is 12.1 Å². The summed E-state index contributed by atoms with van der Waals surface area (Å²) in [6.45, 7) is 3.89. The summed E-state index contributed by atoms with van der Waals surface area (Å²) in [7, 11) is 1.49. The van der Waals surface area contributed by atoms with Crippen molar-refractivity contribution in [3.05, 3.63) is 68.7 Å². The van der Waals surface area contributed by atoms with Gasteiger partial charge in [0.15, 0.2) is 5.69 Å². The lowest BCUT2D eigenvalue weighted by Gasteiger charge is -2.15. The van der Waals surface area contributed by atoms with Gasteiger partial charge in [0.1, 0.15) is 23.7 Å². The summed E-state index contributed by atoms with van der Waals surface area (Å²) < 4.78 is 21.5. The maximum Gasteiger partial charge on any atom is 0.339 e. The van der Waals surface area contributed by atoms with Gasteiger partial charge in [-0.3, -0.25) is 4.79 Å². The number of fused-ring (bicyclic) bond motifs is 1. The number of aryl methyl sites for hydroxylation is 1. The van der Waals surface area contributed by atoms with Gasteiger partial charge in [0.25, 0.3) is 0 Å². The van der Waals surface area contributed by atoms with Gasteiger partial charge in [0.2, 0.25) is 0 Å². The molecule has 9 heteroatoms. The Morgan fingerprint density at radius 2 is 2.00 bits per heavy atom. The second-order valence-corrected chi connectivity index (χ2v) is 7.08. The normalized spacial score (nSPS) is 11.9. The van der Waals surface area contributed by atoms with Gasteiger partial charge < -0.3 is 23.8 Å². The van der Waals surface area contributed by atoms with Crippen LogP contribution in [0.3, 0.4) is 0 Å². The van der Waals surface area contributed by atoms with E-state index in [9.17, 15) is 20.0 Å². The standard InChI is InChI=1S/C23H25NO8/c1-4-30-22(25)10-8-19-14(2)18-7-6-17(12-21(18)32-23(19)26)31-13-15-11-16(24(27)28)5-9-20(15)29-3/h5-7,9,11-12,24,27H,4,8,10,13H2,1-3H3. The lowest BCUT2D eigenvalue weighted by atomic mass is 10.0. The summed E-state index contributed by atoms with van der Waals surface area (Å²) in [5.41, 5.74) is 1.72. The zero-order chi connectivity index (χ0) is 23.3. The second-order valence-electron chi connectivity index (χ2n) is 7.08.